The van der Waals surface area contributed by atoms with Gasteiger partial charge < -0.3 is 20.1 Å². The molecule has 30 heavy (non-hydrogen) atoms. The highest BCUT2D eigenvalue weighted by atomic mass is 32.1. The molecular formula is C25H40O4S. The monoisotopic (exact) mass is 436 g/mol. The molecule has 1 aromatic rings. The van der Waals surface area contributed by atoms with Gasteiger partial charge in [-0.25, -0.2) is 0 Å². The number of methoxy groups -OCH3 is 1. The molecule has 0 amide bonds. The molecule has 0 spiro atoms. The zero-order valence-electron chi connectivity index (χ0n) is 18.7. The third-order valence-corrected chi connectivity index (χ3v) is 7.25. The van der Waals surface area contributed by atoms with Crippen LogP contribution in [0.1, 0.15) is 55.2 Å². The SMILES string of the molecule is CO[C@H](/C=C/[C@@H]1[C@@H](C/C=C\CCC[C@@H](C)CO)[C@@H](O)C[C@H]1O)CCc1ccc(C)s1. The van der Waals surface area contributed by atoms with Crippen LogP contribution in [0.2, 0.25) is 0 Å². The predicted octanol–water partition coefficient (Wildman–Crippen LogP) is 4.66. The third-order valence-electron chi connectivity index (χ3n) is 6.19. The minimum absolute atomic E-state index is 0.0158. The summed E-state index contributed by atoms with van der Waals surface area (Å²) in [6, 6.07) is 4.33. The van der Waals surface area contributed by atoms with Crippen molar-refractivity contribution in [2.75, 3.05) is 13.7 Å². The number of aliphatic hydroxyl groups excluding tert-OH is 3. The summed E-state index contributed by atoms with van der Waals surface area (Å²) in [5, 5.41) is 30.0. The first-order valence-electron chi connectivity index (χ1n) is 11.3. The van der Waals surface area contributed by atoms with Crippen molar-refractivity contribution in [3.8, 4) is 0 Å². The van der Waals surface area contributed by atoms with Crippen molar-refractivity contribution < 1.29 is 20.1 Å². The van der Waals surface area contributed by atoms with E-state index in [2.05, 4.69) is 50.3 Å². The number of allylic oxidation sites excluding steroid dienone is 2. The molecule has 1 fully saturated rings. The van der Waals surface area contributed by atoms with Crippen LogP contribution in [0.3, 0.4) is 0 Å². The van der Waals surface area contributed by atoms with Gasteiger partial charge in [0.15, 0.2) is 0 Å². The first-order valence-corrected chi connectivity index (χ1v) is 12.1. The molecule has 1 heterocycles. The summed E-state index contributed by atoms with van der Waals surface area (Å²) < 4.78 is 5.63. The van der Waals surface area contributed by atoms with E-state index in [0.717, 1.165) is 38.5 Å². The molecule has 3 N–H and O–H groups in total. The number of ether oxygens (including phenoxy) is 1. The molecule has 1 aliphatic carbocycles. The third kappa shape index (κ3) is 8.27. The molecule has 0 saturated heterocycles. The number of unbranched alkanes of at least 4 members (excludes halogenated alkanes) is 1. The molecule has 0 aliphatic heterocycles. The fourth-order valence-corrected chi connectivity index (χ4v) is 5.11. The Morgan fingerprint density at radius 1 is 1.20 bits per heavy atom. The van der Waals surface area contributed by atoms with Gasteiger partial charge in [-0.05, 0) is 69.4 Å². The predicted molar refractivity (Wildman–Crippen MR) is 125 cm³/mol. The number of hydrogen-bond donors (Lipinski definition) is 3. The Bertz CT molecular complexity index is 653. The lowest BCUT2D eigenvalue weighted by Crippen LogP contribution is -2.20. The maximum Gasteiger partial charge on any atom is 0.0755 e. The van der Waals surface area contributed by atoms with Gasteiger partial charge in [-0.2, -0.15) is 0 Å². The van der Waals surface area contributed by atoms with E-state index in [-0.39, 0.29) is 24.5 Å². The molecule has 0 radical (unpaired) electrons. The molecule has 2 rings (SSSR count). The minimum Gasteiger partial charge on any atom is -0.396 e. The van der Waals surface area contributed by atoms with Crippen LogP contribution in [-0.4, -0.2) is 47.3 Å². The molecule has 0 aromatic carbocycles. The van der Waals surface area contributed by atoms with Crippen LogP contribution < -0.4 is 0 Å². The van der Waals surface area contributed by atoms with Gasteiger partial charge in [0.2, 0.25) is 0 Å². The van der Waals surface area contributed by atoms with E-state index in [1.54, 1.807) is 7.11 Å². The molecule has 4 nitrogen and oxygen atoms in total. The van der Waals surface area contributed by atoms with Crippen molar-refractivity contribution in [1.82, 2.24) is 0 Å². The Labute approximate surface area is 186 Å². The Morgan fingerprint density at radius 3 is 2.67 bits per heavy atom. The highest BCUT2D eigenvalue weighted by Gasteiger charge is 2.39. The smallest absolute Gasteiger partial charge is 0.0755 e. The molecule has 1 saturated carbocycles. The second kappa shape index (κ2) is 13.4. The molecular weight excluding hydrogens is 396 g/mol. The first-order chi connectivity index (χ1) is 14.4. The van der Waals surface area contributed by atoms with Crippen LogP contribution in [-0.2, 0) is 11.2 Å². The van der Waals surface area contributed by atoms with Gasteiger partial charge in [-0.3, -0.25) is 0 Å². The maximum absolute atomic E-state index is 10.5. The molecule has 170 valence electrons. The van der Waals surface area contributed by atoms with Gasteiger partial charge in [0.25, 0.3) is 0 Å². The van der Waals surface area contributed by atoms with Crippen molar-refractivity contribution in [3.05, 3.63) is 46.2 Å². The van der Waals surface area contributed by atoms with E-state index in [1.807, 2.05) is 11.3 Å². The van der Waals surface area contributed by atoms with Gasteiger partial charge >= 0.3 is 0 Å². The molecule has 1 aromatic heterocycles. The van der Waals surface area contributed by atoms with Crippen LogP contribution in [0.25, 0.3) is 0 Å². The molecule has 5 heteroatoms. The average molecular weight is 437 g/mol. The number of rotatable bonds is 13. The van der Waals surface area contributed by atoms with Gasteiger partial charge in [-0.1, -0.05) is 31.2 Å². The van der Waals surface area contributed by atoms with Crippen LogP contribution >= 0.6 is 11.3 Å². The summed E-state index contributed by atoms with van der Waals surface area (Å²) in [5.41, 5.74) is 0. The maximum atomic E-state index is 10.5. The van der Waals surface area contributed by atoms with Gasteiger partial charge in [-0.15, -0.1) is 11.3 Å². The summed E-state index contributed by atoms with van der Waals surface area (Å²) in [5.74, 6) is 0.360. The fourth-order valence-electron chi connectivity index (χ4n) is 4.20. The fraction of sp³-hybridized carbons (Fsp3) is 0.680. The summed E-state index contributed by atoms with van der Waals surface area (Å²) in [4.78, 5) is 2.70. The van der Waals surface area contributed by atoms with E-state index >= 15 is 0 Å². The zero-order chi connectivity index (χ0) is 21.9. The topological polar surface area (TPSA) is 69.9 Å². The second-order valence-electron chi connectivity index (χ2n) is 8.75. The standard InChI is InChI=1S/C25H40O4S/c1-18(17-26)8-6-4-5-7-9-22-23(25(28)16-24(22)27)15-12-20(29-3)11-14-21-13-10-19(2)30-21/h5,7,10,12-13,15,18,20,22-28H,4,6,8-9,11,14,16-17H2,1-3H3/b7-5-,15-12+/t18-,20+,22-,23-,24+,25-/m1/s1. The molecule has 0 unspecified atom stereocenters. The zero-order valence-corrected chi connectivity index (χ0v) is 19.6. The number of hydrogen-bond acceptors (Lipinski definition) is 5. The Hall–Kier alpha value is -0.980. The van der Waals surface area contributed by atoms with E-state index in [9.17, 15) is 10.2 Å². The normalized spacial score (nSPS) is 26.7. The lowest BCUT2D eigenvalue weighted by Gasteiger charge is -2.20. The van der Waals surface area contributed by atoms with Crippen LogP contribution in [0.15, 0.2) is 36.4 Å². The summed E-state index contributed by atoms with van der Waals surface area (Å²) in [7, 11) is 1.73. The summed E-state index contributed by atoms with van der Waals surface area (Å²) >= 11 is 1.83. The second-order valence-corrected chi connectivity index (χ2v) is 10.1. The van der Waals surface area contributed by atoms with E-state index in [0.29, 0.717) is 12.3 Å². The number of aryl methyl sites for hydroxylation is 2. The van der Waals surface area contributed by atoms with Gasteiger partial charge in [0.05, 0.1) is 18.3 Å². The van der Waals surface area contributed by atoms with Crippen molar-refractivity contribution in [2.24, 2.45) is 17.8 Å². The minimum atomic E-state index is -0.502. The number of aliphatic hydroxyl groups is 3. The highest BCUT2D eigenvalue weighted by molar-refractivity contribution is 7.11. The van der Waals surface area contributed by atoms with E-state index < -0.39 is 12.2 Å². The Balaban J connectivity index is 1.84. The summed E-state index contributed by atoms with van der Waals surface area (Å²) in [6.45, 7) is 4.43. The Morgan fingerprint density at radius 2 is 2.00 bits per heavy atom. The highest BCUT2D eigenvalue weighted by Crippen LogP contribution is 2.36. The Kier molecular flexibility index (Phi) is 11.3. The largest absolute Gasteiger partial charge is 0.396 e. The lowest BCUT2D eigenvalue weighted by molar-refractivity contribution is 0.120. The van der Waals surface area contributed by atoms with Gasteiger partial charge in [0, 0.05) is 35.8 Å². The van der Waals surface area contributed by atoms with Crippen LogP contribution in [0.5, 0.6) is 0 Å². The van der Waals surface area contributed by atoms with Crippen molar-refractivity contribution >= 4 is 11.3 Å². The van der Waals surface area contributed by atoms with Crippen LogP contribution in [0, 0.1) is 24.7 Å². The van der Waals surface area contributed by atoms with Crippen molar-refractivity contribution in [2.45, 2.75) is 77.1 Å². The quantitative estimate of drug-likeness (QED) is 0.311. The molecule has 1 aliphatic rings. The van der Waals surface area contributed by atoms with Crippen LogP contribution in [0.4, 0.5) is 0 Å². The van der Waals surface area contributed by atoms with Crippen molar-refractivity contribution in [3.63, 3.8) is 0 Å². The number of thiophene rings is 1. The average Bonchev–Trinajstić information content (AvgIpc) is 3.26. The van der Waals surface area contributed by atoms with Gasteiger partial charge in [0.1, 0.15) is 0 Å². The van der Waals surface area contributed by atoms with Crippen molar-refractivity contribution in [1.29, 1.82) is 0 Å². The first kappa shape index (κ1) is 25.3. The van der Waals surface area contributed by atoms with E-state index in [4.69, 9.17) is 9.84 Å². The molecule has 6 atom stereocenters. The molecule has 0 bridgehead atoms. The lowest BCUT2D eigenvalue weighted by atomic mass is 9.89. The summed E-state index contributed by atoms with van der Waals surface area (Å²) in [6.07, 6.45) is 13.7. The van der Waals surface area contributed by atoms with E-state index in [1.165, 1.54) is 9.75 Å².